The van der Waals surface area contributed by atoms with Gasteiger partial charge in [0.15, 0.2) is 0 Å². The topological polar surface area (TPSA) is 55.4 Å². The predicted octanol–water partition coefficient (Wildman–Crippen LogP) is 4.01. The number of rotatable bonds is 5. The molecule has 0 saturated heterocycles. The van der Waals surface area contributed by atoms with E-state index in [0.717, 1.165) is 16.3 Å². The number of ether oxygens (including phenoxy) is 1. The Balaban J connectivity index is 1.82. The van der Waals surface area contributed by atoms with Crippen LogP contribution in [-0.4, -0.2) is 25.0 Å². The van der Waals surface area contributed by atoms with Gasteiger partial charge in [0.05, 0.1) is 7.11 Å². The third kappa shape index (κ3) is 4.03. The van der Waals surface area contributed by atoms with Gasteiger partial charge >= 0.3 is 5.97 Å². The second kappa shape index (κ2) is 8.02. The van der Waals surface area contributed by atoms with Crippen LogP contribution in [0.1, 0.15) is 15.9 Å². The van der Waals surface area contributed by atoms with Gasteiger partial charge in [-0.2, -0.15) is 0 Å². The number of amides is 1. The van der Waals surface area contributed by atoms with Crippen LogP contribution < -0.4 is 5.32 Å². The second-order valence-corrected chi connectivity index (χ2v) is 6.31. The minimum Gasteiger partial charge on any atom is -0.467 e. The van der Waals surface area contributed by atoms with Crippen molar-refractivity contribution >= 4 is 34.2 Å². The van der Waals surface area contributed by atoms with Crippen molar-refractivity contribution in [3.8, 4) is 0 Å². The summed E-state index contributed by atoms with van der Waals surface area (Å²) in [4.78, 5) is 24.8. The maximum Gasteiger partial charge on any atom is 0.328 e. The number of nitrogens with one attached hydrogen (secondary N) is 1. The van der Waals surface area contributed by atoms with Gasteiger partial charge in [0.1, 0.15) is 6.04 Å². The van der Waals surface area contributed by atoms with Gasteiger partial charge in [0.2, 0.25) is 0 Å². The van der Waals surface area contributed by atoms with Crippen molar-refractivity contribution in [3.05, 3.63) is 82.9 Å². The Hall–Kier alpha value is -2.85. The molecule has 1 amide bonds. The number of hydrogen-bond acceptors (Lipinski definition) is 3. The van der Waals surface area contributed by atoms with Gasteiger partial charge in [-0.05, 0) is 34.5 Å². The van der Waals surface area contributed by atoms with Crippen molar-refractivity contribution in [1.29, 1.82) is 0 Å². The summed E-state index contributed by atoms with van der Waals surface area (Å²) in [6, 6.07) is 19.6. The number of carbonyl (C=O) groups is 2. The summed E-state index contributed by atoms with van der Waals surface area (Å²) in [5.41, 5.74) is 1.25. The van der Waals surface area contributed by atoms with Gasteiger partial charge in [-0.25, -0.2) is 4.79 Å². The number of esters is 1. The van der Waals surface area contributed by atoms with Crippen LogP contribution in [-0.2, 0) is 16.0 Å². The molecule has 3 aromatic carbocycles. The Kier molecular flexibility index (Phi) is 5.54. The molecule has 0 radical (unpaired) electrons. The minimum atomic E-state index is -0.820. The first-order chi connectivity index (χ1) is 12.6. The maximum atomic E-state index is 12.6. The number of methoxy groups -OCH3 is 1. The molecule has 0 bridgehead atoms. The Morgan fingerprint density at radius 1 is 1.00 bits per heavy atom. The summed E-state index contributed by atoms with van der Waals surface area (Å²) in [7, 11) is 1.30. The van der Waals surface area contributed by atoms with Gasteiger partial charge in [-0.15, -0.1) is 0 Å². The normalized spacial score (nSPS) is 11.8. The van der Waals surface area contributed by atoms with E-state index in [1.807, 2.05) is 48.5 Å². The molecule has 5 heteroatoms. The van der Waals surface area contributed by atoms with E-state index in [2.05, 4.69) is 5.32 Å². The molecule has 0 spiro atoms. The van der Waals surface area contributed by atoms with E-state index in [0.29, 0.717) is 10.6 Å². The molecule has 132 valence electrons. The molecular formula is C21H18ClNO3. The maximum absolute atomic E-state index is 12.6. The second-order valence-electron chi connectivity index (χ2n) is 5.91. The van der Waals surface area contributed by atoms with Crippen molar-refractivity contribution in [2.45, 2.75) is 12.5 Å². The first-order valence-corrected chi connectivity index (χ1v) is 8.57. The molecule has 1 atom stereocenters. The Morgan fingerprint density at radius 2 is 1.69 bits per heavy atom. The number of benzene rings is 3. The van der Waals surface area contributed by atoms with E-state index < -0.39 is 12.0 Å². The highest BCUT2D eigenvalue weighted by Gasteiger charge is 2.23. The van der Waals surface area contributed by atoms with Crippen molar-refractivity contribution in [3.63, 3.8) is 0 Å². The molecule has 0 aliphatic heterocycles. The van der Waals surface area contributed by atoms with Crippen LogP contribution in [0.2, 0.25) is 5.02 Å². The van der Waals surface area contributed by atoms with Gasteiger partial charge in [-0.3, -0.25) is 4.79 Å². The molecule has 1 N–H and O–H groups in total. The smallest absolute Gasteiger partial charge is 0.328 e. The van der Waals surface area contributed by atoms with E-state index in [1.165, 1.54) is 7.11 Å². The number of halogens is 1. The van der Waals surface area contributed by atoms with Crippen molar-refractivity contribution in [2.24, 2.45) is 0 Å². The van der Waals surface area contributed by atoms with Gasteiger partial charge < -0.3 is 10.1 Å². The first kappa shape index (κ1) is 18.0. The molecule has 26 heavy (non-hydrogen) atoms. The summed E-state index contributed by atoms with van der Waals surface area (Å²) < 4.78 is 4.83. The third-order valence-electron chi connectivity index (χ3n) is 4.18. The van der Waals surface area contributed by atoms with Crippen LogP contribution >= 0.6 is 11.6 Å². The van der Waals surface area contributed by atoms with Crippen LogP contribution in [0.5, 0.6) is 0 Å². The third-order valence-corrected chi connectivity index (χ3v) is 4.55. The highest BCUT2D eigenvalue weighted by molar-refractivity contribution is 6.31. The molecule has 0 aliphatic rings. The zero-order valence-electron chi connectivity index (χ0n) is 14.2. The average Bonchev–Trinajstić information content (AvgIpc) is 2.68. The molecule has 0 aliphatic carbocycles. The summed E-state index contributed by atoms with van der Waals surface area (Å²) in [5, 5.41) is 5.30. The Labute approximate surface area is 156 Å². The summed E-state index contributed by atoms with van der Waals surface area (Å²) in [5.74, 6) is -0.850. The zero-order valence-corrected chi connectivity index (χ0v) is 15.0. The highest BCUT2D eigenvalue weighted by atomic mass is 35.5. The lowest BCUT2D eigenvalue weighted by Crippen LogP contribution is -2.43. The molecule has 4 nitrogen and oxygen atoms in total. The summed E-state index contributed by atoms with van der Waals surface area (Å²) in [6.07, 6.45) is 0.256. The first-order valence-electron chi connectivity index (χ1n) is 8.19. The van der Waals surface area contributed by atoms with E-state index in [-0.39, 0.29) is 12.3 Å². The summed E-state index contributed by atoms with van der Waals surface area (Å²) in [6.45, 7) is 0. The van der Waals surface area contributed by atoms with Crippen molar-refractivity contribution < 1.29 is 14.3 Å². The average molecular weight is 368 g/mol. The molecule has 3 rings (SSSR count). The van der Waals surface area contributed by atoms with Crippen LogP contribution in [0.3, 0.4) is 0 Å². The van der Waals surface area contributed by atoms with Gasteiger partial charge in [0, 0.05) is 17.0 Å². The molecule has 0 aromatic heterocycles. The van der Waals surface area contributed by atoms with Crippen molar-refractivity contribution in [2.75, 3.05) is 7.11 Å². The number of hydrogen-bond donors (Lipinski definition) is 1. The lowest BCUT2D eigenvalue weighted by atomic mass is 10.0. The monoisotopic (exact) mass is 367 g/mol. The standard InChI is InChI=1S/C21H18ClNO3/c1-26-21(25)19(13-16-8-4-5-9-18(16)22)23-20(24)17-11-10-14-6-2-3-7-15(14)12-17/h2-12,19H,13H2,1H3,(H,23,24)/t19-/m0/s1. The fourth-order valence-corrected chi connectivity index (χ4v) is 3.00. The van der Waals surface area contributed by atoms with Crippen LogP contribution in [0, 0.1) is 0 Å². The van der Waals surface area contributed by atoms with E-state index in [4.69, 9.17) is 16.3 Å². The number of carbonyl (C=O) groups excluding carboxylic acids is 2. The zero-order chi connectivity index (χ0) is 18.5. The van der Waals surface area contributed by atoms with Gasteiger partial charge in [-0.1, -0.05) is 60.1 Å². The van der Waals surface area contributed by atoms with Crippen LogP contribution in [0.4, 0.5) is 0 Å². The summed E-state index contributed by atoms with van der Waals surface area (Å²) >= 11 is 6.17. The number of fused-ring (bicyclic) bond motifs is 1. The predicted molar refractivity (Wildman–Crippen MR) is 102 cm³/mol. The Morgan fingerprint density at radius 3 is 2.42 bits per heavy atom. The van der Waals surface area contributed by atoms with Crippen LogP contribution in [0.15, 0.2) is 66.7 Å². The van der Waals surface area contributed by atoms with Crippen molar-refractivity contribution in [1.82, 2.24) is 5.32 Å². The molecule has 0 unspecified atom stereocenters. The fourth-order valence-electron chi connectivity index (χ4n) is 2.79. The lowest BCUT2D eigenvalue weighted by Gasteiger charge is -2.17. The van der Waals surface area contributed by atoms with E-state index in [1.54, 1.807) is 18.2 Å². The minimum absolute atomic E-state index is 0.256. The molecule has 3 aromatic rings. The Bertz CT molecular complexity index is 955. The lowest BCUT2D eigenvalue weighted by molar-refractivity contribution is -0.142. The van der Waals surface area contributed by atoms with Gasteiger partial charge in [0.25, 0.3) is 5.91 Å². The molecule has 0 fully saturated rings. The molecule has 0 heterocycles. The highest BCUT2D eigenvalue weighted by Crippen LogP contribution is 2.18. The largest absolute Gasteiger partial charge is 0.467 e. The molecular weight excluding hydrogens is 350 g/mol. The quantitative estimate of drug-likeness (QED) is 0.693. The fraction of sp³-hybridized carbons (Fsp3) is 0.143. The van der Waals surface area contributed by atoms with E-state index >= 15 is 0 Å². The van der Waals surface area contributed by atoms with E-state index in [9.17, 15) is 9.59 Å². The molecule has 0 saturated carbocycles. The SMILES string of the molecule is COC(=O)[C@H](Cc1ccccc1Cl)NC(=O)c1ccc2ccccc2c1. The van der Waals surface area contributed by atoms with Crippen LogP contribution in [0.25, 0.3) is 10.8 Å².